The Morgan fingerprint density at radius 1 is 0.912 bits per heavy atom. The van der Waals surface area contributed by atoms with Gasteiger partial charge in [0.2, 0.25) is 0 Å². The molecule has 0 bridgehead atoms. The van der Waals surface area contributed by atoms with E-state index in [0.717, 1.165) is 17.0 Å². The Balaban J connectivity index is 0.00000324. The minimum absolute atomic E-state index is 0. The molecule has 4 rings (SSSR count). The Morgan fingerprint density at radius 3 is 2.09 bits per heavy atom. The van der Waals surface area contributed by atoms with Crippen molar-refractivity contribution >= 4 is 57.4 Å². The van der Waals surface area contributed by atoms with Crippen LogP contribution >= 0.6 is 28.7 Å². The van der Waals surface area contributed by atoms with Gasteiger partial charge in [0, 0.05) is 11.3 Å². The van der Waals surface area contributed by atoms with Gasteiger partial charge in [-0.1, -0.05) is 42.1 Å². The molecule has 0 radical (unpaired) electrons. The van der Waals surface area contributed by atoms with Gasteiger partial charge in [-0.05, 0) is 60.2 Å². The number of anilines is 1. The van der Waals surface area contributed by atoms with Crippen LogP contribution in [0.1, 0.15) is 15.9 Å². The molecule has 1 aliphatic rings. The van der Waals surface area contributed by atoms with E-state index in [1.807, 2.05) is 54.6 Å². The molecule has 0 spiro atoms. The minimum Gasteiger partial charge on any atom is -0.497 e. The Hall–Kier alpha value is -3.36. The summed E-state index contributed by atoms with van der Waals surface area (Å²) in [5.74, 6) is 1.16. The third-order valence-corrected chi connectivity index (χ3v) is 5.97. The van der Waals surface area contributed by atoms with Gasteiger partial charge < -0.3 is 9.47 Å². The summed E-state index contributed by atoms with van der Waals surface area (Å²) in [6.07, 6.45) is 1.79. The summed E-state index contributed by atoms with van der Waals surface area (Å²) in [4.78, 5) is 31.6. The van der Waals surface area contributed by atoms with Crippen molar-refractivity contribution in [3.05, 3.63) is 95.7 Å². The normalized spacial score (nSPS) is 13.9. The summed E-state index contributed by atoms with van der Waals surface area (Å²) in [7, 11) is 3.19. The van der Waals surface area contributed by atoms with Gasteiger partial charge in [0.25, 0.3) is 5.91 Å². The molecule has 3 aromatic rings. The zero-order chi connectivity index (χ0) is 23.2. The van der Waals surface area contributed by atoms with Crippen LogP contribution in [0.4, 0.5) is 5.69 Å². The van der Waals surface area contributed by atoms with Gasteiger partial charge in [0.15, 0.2) is 11.0 Å². The number of ether oxygens (including phenoxy) is 2. The molecule has 0 N–H and O–H groups in total. The average molecular weight is 539 g/mol. The van der Waals surface area contributed by atoms with Crippen molar-refractivity contribution in [2.45, 2.75) is 0 Å². The van der Waals surface area contributed by atoms with Crippen molar-refractivity contribution in [2.75, 3.05) is 24.9 Å². The third-order valence-electron chi connectivity index (χ3n) is 5.03. The van der Waals surface area contributed by atoms with E-state index in [9.17, 15) is 9.59 Å². The number of ketones is 1. The number of nitrogens with zero attached hydrogens (tertiary/aromatic N) is 2. The van der Waals surface area contributed by atoms with Gasteiger partial charge in [-0.3, -0.25) is 14.5 Å². The lowest BCUT2D eigenvalue weighted by Gasteiger charge is -2.21. The predicted molar refractivity (Wildman–Crippen MR) is 142 cm³/mol. The molecule has 3 aromatic carbocycles. The summed E-state index contributed by atoms with van der Waals surface area (Å²) in [5.41, 5.74) is 2.64. The Kier molecular flexibility index (Phi) is 8.67. The van der Waals surface area contributed by atoms with E-state index in [0.29, 0.717) is 22.2 Å². The van der Waals surface area contributed by atoms with Crippen molar-refractivity contribution in [3.8, 4) is 11.5 Å². The lowest BCUT2D eigenvalue weighted by molar-refractivity contribution is -0.113. The molecule has 1 heterocycles. The zero-order valence-corrected chi connectivity index (χ0v) is 21.2. The largest absolute Gasteiger partial charge is 0.497 e. The standard InChI is InChI=1S/C26H22N2O4S.BrH/c1-31-21-12-8-18(9-13-21)16-23-25(30)27-26(28(23)20-6-4-3-5-7-20)33-17-24(29)19-10-14-22(32-2)15-11-19;/h3-16H,17H2,1-2H3;1H/b23-16-;. The van der Waals surface area contributed by atoms with Crippen LogP contribution < -0.4 is 14.4 Å². The second-order valence-corrected chi connectivity index (χ2v) is 8.06. The van der Waals surface area contributed by atoms with Gasteiger partial charge in [0.1, 0.15) is 17.2 Å². The summed E-state index contributed by atoms with van der Waals surface area (Å²) >= 11 is 1.24. The molecule has 1 amide bonds. The van der Waals surface area contributed by atoms with E-state index in [2.05, 4.69) is 4.99 Å². The zero-order valence-electron chi connectivity index (χ0n) is 18.6. The highest BCUT2D eigenvalue weighted by Crippen LogP contribution is 2.31. The molecule has 0 aliphatic carbocycles. The quantitative estimate of drug-likeness (QED) is 0.286. The third kappa shape index (κ3) is 5.76. The van der Waals surface area contributed by atoms with Gasteiger partial charge in [-0.2, -0.15) is 4.99 Å². The monoisotopic (exact) mass is 538 g/mol. The highest BCUT2D eigenvalue weighted by Gasteiger charge is 2.31. The number of aliphatic imine (C=N–C) groups is 1. The summed E-state index contributed by atoms with van der Waals surface area (Å²) in [6, 6.07) is 23.9. The minimum atomic E-state index is -0.353. The Bertz CT molecular complexity index is 1210. The fourth-order valence-corrected chi connectivity index (χ4v) is 4.20. The first-order chi connectivity index (χ1) is 16.1. The number of hydrogen-bond donors (Lipinski definition) is 0. The maximum atomic E-state index is 12.8. The number of benzene rings is 3. The molecule has 0 aromatic heterocycles. The molecule has 34 heavy (non-hydrogen) atoms. The average Bonchev–Trinajstić information content (AvgIpc) is 3.18. The number of para-hydroxylation sites is 1. The molecular formula is C26H23BrN2O4S. The van der Waals surface area contributed by atoms with Crippen LogP contribution in [-0.4, -0.2) is 36.8 Å². The number of hydrogen-bond acceptors (Lipinski definition) is 6. The molecule has 0 saturated heterocycles. The van der Waals surface area contributed by atoms with E-state index in [-0.39, 0.29) is 34.4 Å². The summed E-state index contributed by atoms with van der Waals surface area (Å²) < 4.78 is 10.4. The molecule has 174 valence electrons. The number of carbonyl (C=O) groups is 2. The highest BCUT2D eigenvalue weighted by atomic mass is 79.9. The number of carbonyl (C=O) groups excluding carboxylic acids is 2. The molecule has 1 aliphatic heterocycles. The van der Waals surface area contributed by atoms with E-state index < -0.39 is 0 Å². The van der Waals surface area contributed by atoms with E-state index >= 15 is 0 Å². The SMILES string of the molecule is Br.COc1ccc(/C=C2/C(=O)N=C(SCC(=O)c3ccc(OC)cc3)N2c2ccccc2)cc1. The van der Waals surface area contributed by atoms with Gasteiger partial charge in [-0.25, -0.2) is 0 Å². The highest BCUT2D eigenvalue weighted by molar-refractivity contribution is 8.93. The lowest BCUT2D eigenvalue weighted by Crippen LogP contribution is -2.25. The molecule has 0 saturated carbocycles. The second-order valence-electron chi connectivity index (χ2n) is 7.11. The van der Waals surface area contributed by atoms with Crippen LogP contribution in [0.25, 0.3) is 6.08 Å². The van der Waals surface area contributed by atoms with Crippen molar-refractivity contribution in [1.29, 1.82) is 0 Å². The van der Waals surface area contributed by atoms with Crippen LogP contribution in [0, 0.1) is 0 Å². The van der Waals surface area contributed by atoms with Crippen LogP contribution in [0.2, 0.25) is 0 Å². The fraction of sp³-hybridized carbons (Fsp3) is 0.115. The van der Waals surface area contributed by atoms with Crippen LogP contribution in [-0.2, 0) is 4.79 Å². The maximum Gasteiger partial charge on any atom is 0.296 e. The van der Waals surface area contributed by atoms with E-state index in [1.165, 1.54) is 11.8 Å². The summed E-state index contributed by atoms with van der Waals surface area (Å²) in [6.45, 7) is 0. The van der Waals surface area contributed by atoms with Gasteiger partial charge in [-0.15, -0.1) is 17.0 Å². The molecule has 8 heteroatoms. The summed E-state index contributed by atoms with van der Waals surface area (Å²) in [5, 5.41) is 0.466. The number of amides is 1. The van der Waals surface area contributed by atoms with Crippen LogP contribution in [0.3, 0.4) is 0 Å². The molecule has 0 fully saturated rings. The van der Waals surface area contributed by atoms with Crippen molar-refractivity contribution in [1.82, 2.24) is 0 Å². The second kappa shape index (κ2) is 11.7. The number of Topliss-reactive ketones (excluding diaryl/α,β-unsaturated/α-hetero) is 1. The number of thioether (sulfide) groups is 1. The molecule has 0 atom stereocenters. The van der Waals surface area contributed by atoms with Crippen molar-refractivity contribution in [2.24, 2.45) is 4.99 Å². The van der Waals surface area contributed by atoms with Gasteiger partial charge in [0.05, 0.1) is 20.0 Å². The topological polar surface area (TPSA) is 68.2 Å². The predicted octanol–water partition coefficient (Wildman–Crippen LogP) is 5.64. The number of amidine groups is 1. The first-order valence-corrected chi connectivity index (χ1v) is 11.2. The fourth-order valence-electron chi connectivity index (χ4n) is 3.29. The maximum absolute atomic E-state index is 12.8. The molecular weight excluding hydrogens is 516 g/mol. The number of rotatable bonds is 7. The van der Waals surface area contributed by atoms with E-state index in [1.54, 1.807) is 49.5 Å². The lowest BCUT2D eigenvalue weighted by atomic mass is 10.1. The Labute approximate surface area is 213 Å². The number of halogens is 1. The van der Waals surface area contributed by atoms with Crippen molar-refractivity contribution in [3.63, 3.8) is 0 Å². The smallest absolute Gasteiger partial charge is 0.296 e. The number of methoxy groups -OCH3 is 2. The van der Waals surface area contributed by atoms with Gasteiger partial charge >= 0.3 is 0 Å². The van der Waals surface area contributed by atoms with Crippen molar-refractivity contribution < 1.29 is 19.1 Å². The van der Waals surface area contributed by atoms with Crippen LogP contribution in [0.5, 0.6) is 11.5 Å². The van der Waals surface area contributed by atoms with E-state index in [4.69, 9.17) is 9.47 Å². The molecule has 6 nitrogen and oxygen atoms in total. The molecule has 0 unspecified atom stereocenters. The first kappa shape index (κ1) is 25.3. The first-order valence-electron chi connectivity index (χ1n) is 10.2. The Morgan fingerprint density at radius 2 is 1.50 bits per heavy atom. The van der Waals surface area contributed by atoms with Crippen LogP contribution in [0.15, 0.2) is 89.6 Å².